The van der Waals surface area contributed by atoms with E-state index in [0.29, 0.717) is 23.9 Å². The van der Waals surface area contributed by atoms with Crippen LogP contribution in [0.2, 0.25) is 0 Å². The molecule has 0 spiro atoms. The van der Waals surface area contributed by atoms with Crippen LogP contribution >= 0.6 is 11.8 Å². The molecule has 1 aliphatic rings. The monoisotopic (exact) mass is 435 g/mol. The molecule has 1 heterocycles. The number of hydrogen-bond acceptors (Lipinski definition) is 11. The fourth-order valence-corrected chi connectivity index (χ4v) is 3.56. The van der Waals surface area contributed by atoms with Crippen molar-refractivity contribution < 1.29 is 46.6 Å². The van der Waals surface area contributed by atoms with Gasteiger partial charge >= 0.3 is 10.4 Å². The number of nitrogens with zero attached hydrogens (tertiary/aromatic N) is 1. The lowest BCUT2D eigenvalue weighted by atomic mass is 10.0. The number of aliphatic hydroxyl groups excluding tert-OH is 4. The van der Waals surface area contributed by atoms with Crippen molar-refractivity contribution in [1.82, 2.24) is 0 Å². The standard InChI is InChI=1S/C12H21NO10S3/c1-25(18)5-3-2-4-8(13-23-26(19,20)21)24-12-11(17)10(16)9(15)7(6-14)22-12/h2,4,7,9-12,14-17H,3,5-6H2,1H3,(H,19,20,21)/t7-,9-,10+,11-,12+,25?/m1/s1. The van der Waals surface area contributed by atoms with Crippen LogP contribution in [0.1, 0.15) is 6.42 Å². The van der Waals surface area contributed by atoms with Gasteiger partial charge in [-0.15, -0.1) is 0 Å². The Kier molecular flexibility index (Phi) is 9.63. The van der Waals surface area contributed by atoms with E-state index >= 15 is 0 Å². The second-order valence-corrected chi connectivity index (χ2v) is 8.89. The molecule has 1 unspecified atom stereocenters. The smallest absolute Gasteiger partial charge is 0.394 e. The lowest BCUT2D eigenvalue weighted by Gasteiger charge is -2.39. The molecule has 0 bridgehead atoms. The minimum Gasteiger partial charge on any atom is -0.394 e. The molecular weight excluding hydrogens is 414 g/mol. The van der Waals surface area contributed by atoms with Gasteiger partial charge in [0.1, 0.15) is 34.9 Å². The van der Waals surface area contributed by atoms with Crippen molar-refractivity contribution in [3.8, 4) is 0 Å². The van der Waals surface area contributed by atoms with Gasteiger partial charge < -0.3 is 25.2 Å². The number of rotatable bonds is 8. The summed E-state index contributed by atoms with van der Waals surface area (Å²) in [5.74, 6) is 0.341. The van der Waals surface area contributed by atoms with E-state index in [1.165, 1.54) is 18.4 Å². The van der Waals surface area contributed by atoms with E-state index in [0.717, 1.165) is 0 Å². The minimum atomic E-state index is -4.87. The summed E-state index contributed by atoms with van der Waals surface area (Å²) in [6.07, 6.45) is -1.23. The Bertz CT molecular complexity index is 635. The van der Waals surface area contributed by atoms with Crippen molar-refractivity contribution >= 4 is 38.0 Å². The maximum absolute atomic E-state index is 11.0. The van der Waals surface area contributed by atoms with Gasteiger partial charge in [-0.1, -0.05) is 23.0 Å². The third-order valence-corrected chi connectivity index (χ3v) is 5.29. The van der Waals surface area contributed by atoms with E-state index in [4.69, 9.17) is 14.4 Å². The van der Waals surface area contributed by atoms with Crippen molar-refractivity contribution in [2.45, 2.75) is 36.3 Å². The zero-order valence-corrected chi connectivity index (χ0v) is 16.1. The molecule has 1 aliphatic heterocycles. The average molecular weight is 435 g/mol. The zero-order valence-electron chi connectivity index (χ0n) is 13.6. The summed E-state index contributed by atoms with van der Waals surface area (Å²) >= 11 is 0.631. The molecule has 0 aromatic rings. The van der Waals surface area contributed by atoms with E-state index < -0.39 is 57.7 Å². The average Bonchev–Trinajstić information content (AvgIpc) is 2.55. The van der Waals surface area contributed by atoms with Gasteiger partial charge in [0, 0.05) is 22.8 Å². The van der Waals surface area contributed by atoms with E-state index in [1.807, 2.05) is 0 Å². The molecule has 11 nitrogen and oxygen atoms in total. The van der Waals surface area contributed by atoms with Crippen LogP contribution in [0, 0.1) is 0 Å². The third-order valence-electron chi connectivity index (χ3n) is 3.14. The molecule has 1 rings (SSSR count). The Morgan fingerprint density at radius 1 is 1.31 bits per heavy atom. The van der Waals surface area contributed by atoms with Gasteiger partial charge in [0.15, 0.2) is 0 Å². The molecule has 0 amide bonds. The topological polar surface area (TPSA) is 183 Å². The molecule has 0 aliphatic carbocycles. The summed E-state index contributed by atoms with van der Waals surface area (Å²) in [7, 11) is -5.91. The first-order valence-corrected chi connectivity index (χ1v) is 11.2. The van der Waals surface area contributed by atoms with Crippen LogP contribution in [0.4, 0.5) is 0 Å². The number of oxime groups is 1. The van der Waals surface area contributed by atoms with E-state index in [9.17, 15) is 27.9 Å². The molecule has 14 heteroatoms. The maximum atomic E-state index is 11.0. The molecule has 6 atom stereocenters. The second-order valence-electron chi connectivity index (χ2n) is 5.22. The molecule has 5 N–H and O–H groups in total. The van der Waals surface area contributed by atoms with Gasteiger partial charge in [-0.3, -0.25) is 8.76 Å². The van der Waals surface area contributed by atoms with E-state index in [1.54, 1.807) is 0 Å². The number of allylic oxidation sites excluding steroid dienone is 1. The third kappa shape index (κ3) is 7.98. The predicted molar refractivity (Wildman–Crippen MR) is 94.1 cm³/mol. The van der Waals surface area contributed by atoms with Gasteiger partial charge in [-0.25, -0.2) is 4.28 Å². The first-order valence-electron chi connectivity index (χ1n) is 7.23. The number of thioether (sulfide) groups is 1. The van der Waals surface area contributed by atoms with Crippen LogP contribution in [-0.2, 0) is 30.2 Å². The van der Waals surface area contributed by atoms with Crippen molar-refractivity contribution in [3.63, 3.8) is 0 Å². The quantitative estimate of drug-likeness (QED) is 0.123. The SMILES string of the molecule is CS(=O)CCC=CC(=NOS(=O)(=O)O)S[C@@H]1O[C@H](CO)[C@@H](O)[C@H](O)[C@H]1O. The van der Waals surface area contributed by atoms with Gasteiger partial charge in [0.05, 0.1) is 6.61 Å². The van der Waals surface area contributed by atoms with Crippen molar-refractivity contribution in [1.29, 1.82) is 0 Å². The van der Waals surface area contributed by atoms with Crippen LogP contribution < -0.4 is 0 Å². The van der Waals surface area contributed by atoms with Crippen molar-refractivity contribution in [2.24, 2.45) is 5.16 Å². The molecule has 1 fully saturated rings. The lowest BCUT2D eigenvalue weighted by molar-refractivity contribution is -0.205. The Hall–Kier alpha value is -0.580. The van der Waals surface area contributed by atoms with Gasteiger partial charge in [-0.05, 0) is 12.5 Å². The van der Waals surface area contributed by atoms with Crippen LogP contribution in [0.3, 0.4) is 0 Å². The second kappa shape index (κ2) is 10.7. The summed E-state index contributed by atoms with van der Waals surface area (Å²) in [4.78, 5) is 0. The van der Waals surface area contributed by atoms with Gasteiger partial charge in [0.25, 0.3) is 0 Å². The summed E-state index contributed by atoms with van der Waals surface area (Å²) in [6.45, 7) is -0.631. The van der Waals surface area contributed by atoms with Gasteiger partial charge in [0.2, 0.25) is 0 Å². The highest BCUT2D eigenvalue weighted by atomic mass is 32.3. The van der Waals surface area contributed by atoms with E-state index in [-0.39, 0.29) is 5.04 Å². The van der Waals surface area contributed by atoms with Crippen LogP contribution in [0.15, 0.2) is 17.3 Å². The van der Waals surface area contributed by atoms with E-state index in [2.05, 4.69) is 9.44 Å². The Balaban J connectivity index is 2.90. The highest BCUT2D eigenvalue weighted by molar-refractivity contribution is 8.14. The fraction of sp³-hybridized carbons (Fsp3) is 0.750. The maximum Gasteiger partial charge on any atom is 0.466 e. The fourth-order valence-electron chi connectivity index (χ4n) is 1.88. The highest BCUT2D eigenvalue weighted by Gasteiger charge is 2.44. The Morgan fingerprint density at radius 3 is 2.50 bits per heavy atom. The molecular formula is C12H21NO10S3. The van der Waals surface area contributed by atoms with Crippen molar-refractivity contribution in [3.05, 3.63) is 12.2 Å². The number of aliphatic hydroxyl groups is 4. The summed E-state index contributed by atoms with van der Waals surface area (Å²) in [5, 5.41) is 41.7. The highest BCUT2D eigenvalue weighted by Crippen LogP contribution is 2.29. The Labute approximate surface area is 157 Å². The zero-order chi connectivity index (χ0) is 19.9. The van der Waals surface area contributed by atoms with Crippen LogP contribution in [0.5, 0.6) is 0 Å². The number of ether oxygens (including phenoxy) is 1. The summed E-state index contributed by atoms with van der Waals surface area (Å²) in [6, 6.07) is 0. The largest absolute Gasteiger partial charge is 0.466 e. The molecule has 0 radical (unpaired) electrons. The first-order chi connectivity index (χ1) is 12.0. The molecule has 0 aromatic heterocycles. The summed E-state index contributed by atoms with van der Waals surface area (Å²) < 4.78 is 50.2. The van der Waals surface area contributed by atoms with Crippen LogP contribution in [0.25, 0.3) is 0 Å². The predicted octanol–water partition coefficient (Wildman–Crippen LogP) is -2.02. The number of hydrogen-bond donors (Lipinski definition) is 5. The van der Waals surface area contributed by atoms with Crippen LogP contribution in [-0.4, -0.2) is 91.1 Å². The molecule has 152 valence electrons. The Morgan fingerprint density at radius 2 is 1.96 bits per heavy atom. The van der Waals surface area contributed by atoms with Crippen molar-refractivity contribution in [2.75, 3.05) is 18.6 Å². The first kappa shape index (κ1) is 23.5. The molecule has 0 saturated carbocycles. The van der Waals surface area contributed by atoms with Gasteiger partial charge in [-0.2, -0.15) is 8.42 Å². The molecule has 0 aromatic carbocycles. The molecule has 26 heavy (non-hydrogen) atoms. The lowest BCUT2D eigenvalue weighted by Crippen LogP contribution is -2.57. The minimum absolute atomic E-state index is 0.158. The normalized spacial score (nSPS) is 31.9. The molecule has 1 saturated heterocycles. The summed E-state index contributed by atoms with van der Waals surface area (Å²) in [5.41, 5.74) is -1.22.